The van der Waals surface area contributed by atoms with Gasteiger partial charge in [-0.05, 0) is 183 Å². The van der Waals surface area contributed by atoms with Gasteiger partial charge in [0.25, 0.3) is 0 Å². The zero-order chi connectivity index (χ0) is 89.0. The second kappa shape index (κ2) is 31.9. The summed E-state index contributed by atoms with van der Waals surface area (Å²) in [5.74, 6) is 3.51. The SMILES string of the molecule is Cc1cc(-c2nc(-c3ccccc3)nc(-c3ccccc3)n2)cc(C)c1N1c2ccccc2C(c2ccccc2)(c2ccc3c(c2)c2cc4c(cc2n3-c2ccccc2)C(C)(C)c2ccccc2-4)c2ccccc21.N#Cc1cc(-c2nc(-c3ccccc3)nc(-c3ccccc3)n2)cc(N2c3ccccc3C(c3ccccc3)(c3cccc4c3oc3ccccc34)c3ccccc32)c1. The summed E-state index contributed by atoms with van der Waals surface area (Å²) in [6, 6.07) is 157. The summed E-state index contributed by atoms with van der Waals surface area (Å²) < 4.78 is 9.31. The number of rotatable bonds is 13. The van der Waals surface area contributed by atoms with E-state index in [1.807, 2.05) is 121 Å². The molecule has 0 spiro atoms. The molecule has 0 atom stereocenters. The van der Waals surface area contributed by atoms with Gasteiger partial charge < -0.3 is 18.8 Å². The molecule has 11 heteroatoms. The maximum absolute atomic E-state index is 10.6. The molecule has 2 aliphatic heterocycles. The molecule has 3 aliphatic rings. The first-order valence-electron chi connectivity index (χ1n) is 45.2. The van der Waals surface area contributed by atoms with Gasteiger partial charge in [0.2, 0.25) is 0 Å². The van der Waals surface area contributed by atoms with Gasteiger partial charge >= 0.3 is 0 Å². The minimum absolute atomic E-state index is 0.135. The molecule has 22 aromatic rings. The van der Waals surface area contributed by atoms with E-state index in [4.69, 9.17) is 34.3 Å². The fourth-order valence-corrected chi connectivity index (χ4v) is 21.5. The first kappa shape index (κ1) is 79.1. The molecule has 0 radical (unpaired) electrons. The summed E-state index contributed by atoms with van der Waals surface area (Å²) in [4.78, 5) is 35.0. The summed E-state index contributed by atoms with van der Waals surface area (Å²) in [5, 5.41) is 15.2. The Morgan fingerprint density at radius 1 is 0.271 bits per heavy atom. The lowest BCUT2D eigenvalue weighted by Gasteiger charge is -2.47. The summed E-state index contributed by atoms with van der Waals surface area (Å²) in [6.45, 7) is 9.19. The standard InChI is InChI=1S/C69H51N5.C53H33N5O/c1-44-39-48(67-71-65(46-23-9-5-10-24-46)70-66(72-67)47-25-11-6-12-26-47)40-45(2)64(44)74-61-35-21-19-33-57(61)69(49-27-13-7-14-28-49,58-34-20-22-36-62(58)74)50-37-38-60-54(41-50)55-42-53-52-31-17-18-32-56(52)68(3,4)59(53)43-63(55)73(60)51-29-15-8-16-30-51;54-34-35-31-38(52-56-50(36-17-4-1-5-18-36)55-51(57-52)37-19-6-2-7-20-37)33-40(32-35)58-46-28-13-11-25-43(46)53(39-21-8-3-9-22-39,44-26-12-14-29-47(44)58)45-27-16-24-42-41-23-10-15-30-48(41)59-49(42)45/h5-43H,1-4H3;1-33H. The smallest absolute Gasteiger partial charge is 0.164 e. The third kappa shape index (κ3) is 12.8. The first-order chi connectivity index (χ1) is 65.5. The van der Waals surface area contributed by atoms with Crippen LogP contribution in [0.3, 0.4) is 0 Å². The van der Waals surface area contributed by atoms with E-state index in [0.29, 0.717) is 46.1 Å². The molecule has 11 nitrogen and oxygen atoms in total. The van der Waals surface area contributed by atoms with Gasteiger partial charge in [-0.15, -0.1) is 0 Å². The second-order valence-corrected chi connectivity index (χ2v) is 35.2. The van der Waals surface area contributed by atoms with Gasteiger partial charge in [0.1, 0.15) is 11.2 Å². The van der Waals surface area contributed by atoms with Crippen molar-refractivity contribution in [2.45, 2.75) is 43.9 Å². The number of nitriles is 1. The number of para-hydroxylation sites is 7. The van der Waals surface area contributed by atoms with Crippen LogP contribution in [0.2, 0.25) is 0 Å². The molecule has 0 unspecified atom stereocenters. The van der Waals surface area contributed by atoms with Crippen LogP contribution in [0, 0.1) is 25.2 Å². The van der Waals surface area contributed by atoms with E-state index in [1.54, 1.807) is 0 Å². The number of fused-ring (bicyclic) bond motifs is 13. The van der Waals surface area contributed by atoms with Gasteiger partial charge in [0.05, 0.1) is 61.9 Å². The van der Waals surface area contributed by atoms with E-state index < -0.39 is 10.8 Å². The van der Waals surface area contributed by atoms with Crippen LogP contribution in [0.5, 0.6) is 0 Å². The largest absolute Gasteiger partial charge is 0.456 e. The van der Waals surface area contributed by atoms with E-state index >= 15 is 0 Å². The fourth-order valence-electron chi connectivity index (χ4n) is 21.5. The van der Waals surface area contributed by atoms with Gasteiger partial charge in [-0.25, -0.2) is 29.9 Å². The van der Waals surface area contributed by atoms with Crippen LogP contribution < -0.4 is 9.80 Å². The number of nitrogens with zero attached hydrogens (tertiary/aromatic N) is 10. The molecule has 0 bridgehead atoms. The Labute approximate surface area is 770 Å². The average Bonchev–Trinajstić information content (AvgIpc) is 1.64. The van der Waals surface area contributed by atoms with Crippen molar-refractivity contribution in [1.82, 2.24) is 34.5 Å². The Hall–Kier alpha value is -17.3. The number of furan rings is 1. The molecule has 0 saturated carbocycles. The van der Waals surface area contributed by atoms with Gasteiger partial charge in [-0.2, -0.15) is 5.26 Å². The molecule has 0 saturated heterocycles. The van der Waals surface area contributed by atoms with Crippen molar-refractivity contribution >= 4 is 77.9 Å². The lowest BCUT2D eigenvalue weighted by Crippen LogP contribution is -2.38. The summed E-state index contributed by atoms with van der Waals surface area (Å²) in [6.07, 6.45) is 0. The van der Waals surface area contributed by atoms with Crippen molar-refractivity contribution < 1.29 is 4.42 Å². The predicted octanol–water partition coefficient (Wildman–Crippen LogP) is 29.9. The minimum Gasteiger partial charge on any atom is -0.456 e. The van der Waals surface area contributed by atoms with Crippen LogP contribution in [0.1, 0.15) is 86.2 Å². The van der Waals surface area contributed by atoms with Gasteiger partial charge in [0, 0.05) is 77.3 Å². The number of hydrogen-bond acceptors (Lipinski definition) is 10. The highest BCUT2D eigenvalue weighted by molar-refractivity contribution is 6.13. The third-order valence-corrected chi connectivity index (χ3v) is 27.3. The molecular weight excluding hydrogens is 1620 g/mol. The van der Waals surface area contributed by atoms with E-state index in [0.717, 1.165) is 123 Å². The zero-order valence-corrected chi connectivity index (χ0v) is 73.4. The highest BCUT2D eigenvalue weighted by Gasteiger charge is 2.50. The van der Waals surface area contributed by atoms with E-state index in [2.05, 4.69) is 364 Å². The van der Waals surface area contributed by atoms with Crippen LogP contribution in [-0.2, 0) is 16.2 Å². The van der Waals surface area contributed by atoms with Crippen LogP contribution in [0.25, 0.3) is 129 Å². The van der Waals surface area contributed by atoms with Gasteiger partial charge in [0.15, 0.2) is 34.9 Å². The van der Waals surface area contributed by atoms with Gasteiger partial charge in [-0.3, -0.25) is 0 Å². The maximum Gasteiger partial charge on any atom is 0.164 e. The molecule has 0 amide bonds. The van der Waals surface area contributed by atoms with Crippen LogP contribution in [-0.4, -0.2) is 34.5 Å². The highest BCUT2D eigenvalue weighted by atomic mass is 16.3. The minimum atomic E-state index is -0.780. The van der Waals surface area contributed by atoms with Crippen molar-refractivity contribution in [3.8, 4) is 91.2 Å². The molecule has 133 heavy (non-hydrogen) atoms. The second-order valence-electron chi connectivity index (χ2n) is 35.2. The fraction of sp³-hybridized carbons (Fsp3) is 0.0574. The Kier molecular flexibility index (Phi) is 18.9. The lowest BCUT2D eigenvalue weighted by atomic mass is 9.62. The van der Waals surface area contributed by atoms with Crippen molar-refractivity contribution in [2.24, 2.45) is 0 Å². The Balaban J connectivity index is 0.000000150. The molecule has 6 heterocycles. The Morgan fingerprint density at radius 3 is 1.18 bits per heavy atom. The molecule has 628 valence electrons. The predicted molar refractivity (Wildman–Crippen MR) is 539 cm³/mol. The number of anilines is 6. The quantitative estimate of drug-likeness (QED) is 0.110. The van der Waals surface area contributed by atoms with E-state index in [-0.39, 0.29) is 5.41 Å². The van der Waals surface area contributed by atoms with Crippen LogP contribution in [0.4, 0.5) is 34.1 Å². The van der Waals surface area contributed by atoms with Crippen molar-refractivity contribution in [3.63, 3.8) is 0 Å². The molecule has 1 aliphatic carbocycles. The molecule has 25 rings (SSSR count). The Morgan fingerprint density at radius 2 is 0.669 bits per heavy atom. The number of hydrogen-bond donors (Lipinski definition) is 0. The van der Waals surface area contributed by atoms with Crippen molar-refractivity contribution in [3.05, 3.63) is 509 Å². The summed E-state index contributed by atoms with van der Waals surface area (Å²) in [5.41, 5.74) is 32.4. The molecular formula is C122H84N10O. The van der Waals surface area contributed by atoms with Gasteiger partial charge in [-0.1, -0.05) is 354 Å². The maximum atomic E-state index is 10.6. The molecule has 18 aromatic carbocycles. The highest BCUT2D eigenvalue weighted by Crippen LogP contribution is 2.62. The van der Waals surface area contributed by atoms with Crippen LogP contribution in [0.15, 0.2) is 441 Å². The number of aromatic nitrogens is 7. The first-order valence-corrected chi connectivity index (χ1v) is 45.2. The molecule has 0 fully saturated rings. The topological polar surface area (TPSA) is 126 Å². The van der Waals surface area contributed by atoms with E-state index in [9.17, 15) is 5.26 Å². The normalized spacial score (nSPS) is 13.4. The number of benzene rings is 18. The average molecular weight is 1710 g/mol. The van der Waals surface area contributed by atoms with Crippen molar-refractivity contribution in [2.75, 3.05) is 9.80 Å². The van der Waals surface area contributed by atoms with Crippen molar-refractivity contribution in [1.29, 1.82) is 5.26 Å². The monoisotopic (exact) mass is 1700 g/mol. The lowest BCUT2D eigenvalue weighted by molar-refractivity contribution is 0.643. The van der Waals surface area contributed by atoms with E-state index in [1.165, 1.54) is 66.3 Å². The number of aryl methyl sites for hydroxylation is 2. The Bertz CT molecular complexity index is 8170. The zero-order valence-electron chi connectivity index (χ0n) is 73.4. The summed E-state index contributed by atoms with van der Waals surface area (Å²) in [7, 11) is 0. The molecule has 0 N–H and O–H groups in total. The summed E-state index contributed by atoms with van der Waals surface area (Å²) >= 11 is 0. The molecule has 4 aromatic heterocycles. The van der Waals surface area contributed by atoms with Crippen LogP contribution >= 0.6 is 0 Å². The third-order valence-electron chi connectivity index (χ3n) is 27.3.